The van der Waals surface area contributed by atoms with Crippen LogP contribution in [-0.2, 0) is 18.4 Å². The van der Waals surface area contributed by atoms with E-state index in [0.717, 1.165) is 4.68 Å². The van der Waals surface area contributed by atoms with E-state index in [2.05, 4.69) is 20.7 Å². The average Bonchev–Trinajstić information content (AvgIpc) is 2.88. The van der Waals surface area contributed by atoms with Crippen LogP contribution < -0.4 is 5.32 Å². The van der Waals surface area contributed by atoms with E-state index in [4.69, 9.17) is 5.11 Å². The van der Waals surface area contributed by atoms with Gasteiger partial charge in [-0.15, -0.1) is 5.10 Å². The van der Waals surface area contributed by atoms with Crippen LogP contribution in [0.4, 0.5) is 5.69 Å². The number of hydrogen-bond donors (Lipinski definition) is 2. The number of aryl methyl sites for hydroxylation is 1. The Hall–Kier alpha value is -2.71. The van der Waals surface area contributed by atoms with Gasteiger partial charge in [0.05, 0.1) is 18.1 Å². The highest BCUT2D eigenvalue weighted by atomic mass is 16.4. The van der Waals surface area contributed by atoms with Gasteiger partial charge in [0.2, 0.25) is 5.91 Å². The lowest BCUT2D eigenvalue weighted by Gasteiger charge is -2.01. The van der Waals surface area contributed by atoms with Crippen LogP contribution in [0.5, 0.6) is 0 Å². The number of aromatic nitrogens is 5. The molecular weight excluding hydrogens is 240 g/mol. The zero-order valence-electron chi connectivity index (χ0n) is 9.44. The molecule has 0 saturated heterocycles. The van der Waals surface area contributed by atoms with Crippen LogP contribution in [0.3, 0.4) is 0 Å². The highest BCUT2D eigenvalue weighted by molar-refractivity contribution is 5.90. The monoisotopic (exact) mass is 250 g/mol. The van der Waals surface area contributed by atoms with Gasteiger partial charge in [-0.2, -0.15) is 5.10 Å². The van der Waals surface area contributed by atoms with Crippen LogP contribution >= 0.6 is 0 Å². The lowest BCUT2D eigenvalue weighted by molar-refractivity contribution is -0.116. The van der Waals surface area contributed by atoms with Crippen molar-refractivity contribution in [2.75, 3.05) is 5.32 Å². The number of carboxylic acid groups (broad SMARTS) is 1. The van der Waals surface area contributed by atoms with Gasteiger partial charge in [0.15, 0.2) is 5.69 Å². The molecule has 0 aromatic carbocycles. The van der Waals surface area contributed by atoms with Gasteiger partial charge in [-0.1, -0.05) is 5.21 Å². The summed E-state index contributed by atoms with van der Waals surface area (Å²) in [5.74, 6) is -1.53. The number of aromatic carboxylic acids is 1. The van der Waals surface area contributed by atoms with Crippen molar-refractivity contribution < 1.29 is 14.7 Å². The third-order valence-electron chi connectivity index (χ3n) is 2.05. The second-order valence-corrected chi connectivity index (χ2v) is 3.56. The first-order chi connectivity index (χ1) is 8.54. The highest BCUT2D eigenvalue weighted by Crippen LogP contribution is 2.03. The van der Waals surface area contributed by atoms with Crippen LogP contribution in [0.25, 0.3) is 0 Å². The minimum absolute atomic E-state index is 0.116. The van der Waals surface area contributed by atoms with E-state index in [-0.39, 0.29) is 18.1 Å². The maximum Gasteiger partial charge on any atom is 0.358 e. The smallest absolute Gasteiger partial charge is 0.358 e. The van der Waals surface area contributed by atoms with Gasteiger partial charge >= 0.3 is 5.97 Å². The number of nitrogens with zero attached hydrogens (tertiary/aromatic N) is 5. The molecule has 2 N–H and O–H groups in total. The molecule has 2 aromatic heterocycles. The molecule has 0 fully saturated rings. The van der Waals surface area contributed by atoms with Crippen LogP contribution in [-0.4, -0.2) is 41.8 Å². The number of anilines is 1. The zero-order chi connectivity index (χ0) is 13.1. The van der Waals surface area contributed by atoms with Crippen LogP contribution in [0.15, 0.2) is 18.6 Å². The van der Waals surface area contributed by atoms with E-state index in [1.165, 1.54) is 12.4 Å². The summed E-state index contributed by atoms with van der Waals surface area (Å²) < 4.78 is 2.70. The first-order valence-electron chi connectivity index (χ1n) is 4.96. The van der Waals surface area contributed by atoms with Crippen molar-refractivity contribution >= 4 is 17.6 Å². The molecule has 0 aliphatic rings. The van der Waals surface area contributed by atoms with Gasteiger partial charge in [-0.3, -0.25) is 9.48 Å². The summed E-state index contributed by atoms with van der Waals surface area (Å²) in [4.78, 5) is 22.2. The molecule has 9 nitrogen and oxygen atoms in total. The average molecular weight is 250 g/mol. The normalized spacial score (nSPS) is 10.3. The van der Waals surface area contributed by atoms with Crippen molar-refractivity contribution in [3.05, 3.63) is 24.3 Å². The summed E-state index contributed by atoms with van der Waals surface area (Å²) in [5, 5.41) is 22.1. The largest absolute Gasteiger partial charge is 0.476 e. The maximum atomic E-state index is 11.6. The van der Waals surface area contributed by atoms with Crippen molar-refractivity contribution in [1.29, 1.82) is 0 Å². The van der Waals surface area contributed by atoms with Crippen molar-refractivity contribution in [3.63, 3.8) is 0 Å². The molecule has 0 bridgehead atoms. The molecule has 9 heteroatoms. The number of hydrogen-bond acceptors (Lipinski definition) is 5. The number of carboxylic acids is 1. The zero-order valence-corrected chi connectivity index (χ0v) is 9.44. The van der Waals surface area contributed by atoms with E-state index in [1.807, 2.05) is 0 Å². The van der Waals surface area contributed by atoms with Gasteiger partial charge in [-0.05, 0) is 0 Å². The molecule has 2 heterocycles. The third kappa shape index (κ3) is 2.70. The summed E-state index contributed by atoms with van der Waals surface area (Å²) in [5.41, 5.74) is 0.352. The summed E-state index contributed by atoms with van der Waals surface area (Å²) in [7, 11) is 1.73. The molecule has 94 valence electrons. The Balaban J connectivity index is 1.96. The van der Waals surface area contributed by atoms with Gasteiger partial charge in [0.25, 0.3) is 0 Å². The molecule has 0 radical (unpaired) electrons. The molecule has 18 heavy (non-hydrogen) atoms. The lowest BCUT2D eigenvalue weighted by Crippen LogP contribution is -2.18. The van der Waals surface area contributed by atoms with Crippen LogP contribution in [0, 0.1) is 0 Å². The molecule has 0 spiro atoms. The fourth-order valence-corrected chi connectivity index (χ4v) is 1.31. The summed E-state index contributed by atoms with van der Waals surface area (Å²) in [6.45, 7) is -0.116. The van der Waals surface area contributed by atoms with E-state index in [9.17, 15) is 9.59 Å². The van der Waals surface area contributed by atoms with Gasteiger partial charge in [0.1, 0.15) is 6.54 Å². The predicted molar refractivity (Wildman–Crippen MR) is 58.8 cm³/mol. The van der Waals surface area contributed by atoms with Gasteiger partial charge in [0, 0.05) is 13.2 Å². The van der Waals surface area contributed by atoms with Gasteiger partial charge < -0.3 is 10.4 Å². The first-order valence-corrected chi connectivity index (χ1v) is 4.96. The molecule has 0 atom stereocenters. The predicted octanol–water partition coefficient (Wildman–Crippen LogP) is -0.652. The van der Waals surface area contributed by atoms with Gasteiger partial charge in [-0.25, -0.2) is 9.48 Å². The Kier molecular flexibility index (Phi) is 3.04. The Morgan fingerprint density at radius 3 is 2.78 bits per heavy atom. The molecule has 0 saturated carbocycles. The quantitative estimate of drug-likeness (QED) is 0.745. The minimum Gasteiger partial charge on any atom is -0.476 e. The molecule has 0 unspecified atom stereocenters. The molecular formula is C9H10N6O3. The van der Waals surface area contributed by atoms with Crippen LogP contribution in [0.1, 0.15) is 10.5 Å². The molecule has 0 aliphatic carbocycles. The number of carbonyl (C=O) groups is 2. The summed E-state index contributed by atoms with van der Waals surface area (Å²) in [6, 6.07) is 0. The Bertz CT molecular complexity index is 587. The Morgan fingerprint density at radius 1 is 1.44 bits per heavy atom. The number of rotatable bonds is 4. The standard InChI is InChI=1S/C9H10N6O3/c1-14-3-6(2-10-14)11-8(16)5-15-4-7(9(17)18)12-13-15/h2-4H,5H2,1H3,(H,11,16)(H,17,18). The van der Waals surface area contributed by atoms with E-state index in [1.54, 1.807) is 17.9 Å². The topological polar surface area (TPSA) is 115 Å². The van der Waals surface area contributed by atoms with Crippen LogP contribution in [0.2, 0.25) is 0 Å². The number of nitrogens with one attached hydrogen (secondary N) is 1. The van der Waals surface area contributed by atoms with E-state index < -0.39 is 5.97 Å². The maximum absolute atomic E-state index is 11.6. The molecule has 1 amide bonds. The summed E-state index contributed by atoms with van der Waals surface area (Å²) >= 11 is 0. The first kappa shape index (κ1) is 11.8. The lowest BCUT2D eigenvalue weighted by atomic mass is 10.5. The van der Waals surface area contributed by atoms with Crippen molar-refractivity contribution in [3.8, 4) is 0 Å². The molecule has 0 aliphatic heterocycles. The molecule has 2 rings (SSSR count). The fraction of sp³-hybridized carbons (Fsp3) is 0.222. The second-order valence-electron chi connectivity index (χ2n) is 3.56. The van der Waals surface area contributed by atoms with Crippen molar-refractivity contribution in [2.45, 2.75) is 6.54 Å². The Morgan fingerprint density at radius 2 is 2.22 bits per heavy atom. The third-order valence-corrected chi connectivity index (χ3v) is 2.05. The van der Waals surface area contributed by atoms with Crippen molar-refractivity contribution in [2.24, 2.45) is 7.05 Å². The van der Waals surface area contributed by atoms with E-state index >= 15 is 0 Å². The number of carbonyl (C=O) groups excluding carboxylic acids is 1. The minimum atomic E-state index is -1.19. The number of amides is 1. The SMILES string of the molecule is Cn1cc(NC(=O)Cn2cc(C(=O)O)nn2)cn1. The molecule has 2 aromatic rings. The summed E-state index contributed by atoms with van der Waals surface area (Å²) in [6.07, 6.45) is 4.33. The fourth-order valence-electron chi connectivity index (χ4n) is 1.31. The van der Waals surface area contributed by atoms with Crippen molar-refractivity contribution in [1.82, 2.24) is 24.8 Å². The highest BCUT2D eigenvalue weighted by Gasteiger charge is 2.11. The second kappa shape index (κ2) is 4.65. The Labute approximate surface area is 101 Å². The van der Waals surface area contributed by atoms with E-state index in [0.29, 0.717) is 5.69 Å².